The Kier molecular flexibility index (Phi) is 8.62. The summed E-state index contributed by atoms with van der Waals surface area (Å²) in [4.78, 5) is 4.49. The van der Waals surface area contributed by atoms with Crippen molar-refractivity contribution in [3.63, 3.8) is 0 Å². The molecule has 0 saturated carbocycles. The maximum atomic E-state index is 4.49. The number of unbranched alkanes of at least 4 members (excludes halogenated alkanes) is 8. The Morgan fingerprint density at radius 2 is 1.72 bits per heavy atom. The highest BCUT2D eigenvalue weighted by Crippen LogP contribution is 2.11. The Hall–Kier alpha value is -0.790. The minimum atomic E-state index is 0.388. The number of nitrogens with one attached hydrogen (secondary N) is 1. The first-order valence-corrected chi connectivity index (χ1v) is 7.79. The molecule has 0 amide bonds. The summed E-state index contributed by atoms with van der Waals surface area (Å²) in [5.74, 6) is 1.20. The molecule has 2 nitrogen and oxygen atoms in total. The lowest BCUT2D eigenvalue weighted by Crippen LogP contribution is -2.27. The van der Waals surface area contributed by atoms with Gasteiger partial charge in [0.05, 0.1) is 18.4 Å². The van der Waals surface area contributed by atoms with Gasteiger partial charge in [0.2, 0.25) is 0 Å². The lowest BCUT2D eigenvalue weighted by Gasteiger charge is -2.06. The van der Waals surface area contributed by atoms with E-state index in [1.807, 2.05) is 6.08 Å². The van der Waals surface area contributed by atoms with E-state index in [2.05, 4.69) is 23.8 Å². The van der Waals surface area contributed by atoms with Gasteiger partial charge in [-0.1, -0.05) is 64.4 Å². The lowest BCUT2D eigenvalue weighted by molar-refractivity contribution is 0.567. The average molecular weight is 250 g/mol. The molecular formula is C16H30N2. The molecule has 0 aromatic rings. The van der Waals surface area contributed by atoms with Gasteiger partial charge >= 0.3 is 0 Å². The van der Waals surface area contributed by atoms with Gasteiger partial charge in [-0.15, -0.1) is 6.58 Å². The minimum Gasteiger partial charge on any atom is -0.366 e. The van der Waals surface area contributed by atoms with Crippen molar-refractivity contribution in [2.75, 3.05) is 6.54 Å². The van der Waals surface area contributed by atoms with Crippen molar-refractivity contribution in [3.8, 4) is 0 Å². The Labute approximate surface area is 113 Å². The standard InChI is InChI=1S/C16H30N2/c1-3-5-6-7-8-9-10-11-12-13-16-17-14-15(4-2)18-16/h4,15H,2-3,5-14H2,1H3,(H,17,18). The third-order valence-electron chi connectivity index (χ3n) is 3.63. The molecule has 0 radical (unpaired) electrons. The number of aliphatic imine (C=N–C) groups is 1. The molecule has 0 aromatic heterocycles. The fourth-order valence-corrected chi connectivity index (χ4v) is 2.40. The van der Waals surface area contributed by atoms with Crippen LogP contribution in [0.25, 0.3) is 0 Å². The van der Waals surface area contributed by atoms with Gasteiger partial charge in [-0.05, 0) is 6.42 Å². The monoisotopic (exact) mass is 250 g/mol. The van der Waals surface area contributed by atoms with E-state index in [-0.39, 0.29) is 0 Å². The zero-order chi connectivity index (χ0) is 13.1. The maximum Gasteiger partial charge on any atom is 0.0969 e. The number of hydrogen-bond acceptors (Lipinski definition) is 2. The molecule has 0 bridgehead atoms. The second-order valence-electron chi connectivity index (χ2n) is 5.35. The first-order valence-electron chi connectivity index (χ1n) is 7.79. The number of hydrogen-bond donors (Lipinski definition) is 1. The molecule has 1 N–H and O–H groups in total. The Bertz CT molecular complexity index is 245. The van der Waals surface area contributed by atoms with Gasteiger partial charge in [-0.25, -0.2) is 0 Å². The summed E-state index contributed by atoms with van der Waals surface area (Å²) in [6, 6.07) is 0.388. The van der Waals surface area contributed by atoms with Crippen LogP contribution in [0.5, 0.6) is 0 Å². The largest absolute Gasteiger partial charge is 0.366 e. The van der Waals surface area contributed by atoms with E-state index in [0.29, 0.717) is 6.04 Å². The molecule has 1 heterocycles. The van der Waals surface area contributed by atoms with Crippen LogP contribution in [0.2, 0.25) is 0 Å². The van der Waals surface area contributed by atoms with Crippen molar-refractivity contribution in [3.05, 3.63) is 12.7 Å². The van der Waals surface area contributed by atoms with Crippen LogP contribution in [-0.4, -0.2) is 18.4 Å². The van der Waals surface area contributed by atoms with Crippen molar-refractivity contribution < 1.29 is 0 Å². The fraction of sp³-hybridized carbons (Fsp3) is 0.812. The second-order valence-corrected chi connectivity index (χ2v) is 5.35. The smallest absolute Gasteiger partial charge is 0.0969 e. The van der Waals surface area contributed by atoms with Crippen molar-refractivity contribution >= 4 is 5.84 Å². The van der Waals surface area contributed by atoms with Gasteiger partial charge in [0, 0.05) is 6.42 Å². The SMILES string of the molecule is C=CC1CN=C(CCCCCCCCCCC)N1. The van der Waals surface area contributed by atoms with Crippen molar-refractivity contribution in [2.24, 2.45) is 4.99 Å². The minimum absolute atomic E-state index is 0.388. The highest BCUT2D eigenvalue weighted by atomic mass is 15.1. The van der Waals surface area contributed by atoms with E-state index < -0.39 is 0 Å². The van der Waals surface area contributed by atoms with E-state index >= 15 is 0 Å². The van der Waals surface area contributed by atoms with E-state index in [1.165, 1.54) is 63.6 Å². The molecule has 104 valence electrons. The summed E-state index contributed by atoms with van der Waals surface area (Å²) in [5.41, 5.74) is 0. The van der Waals surface area contributed by atoms with Crippen LogP contribution in [-0.2, 0) is 0 Å². The lowest BCUT2D eigenvalue weighted by atomic mass is 10.1. The summed E-state index contributed by atoms with van der Waals surface area (Å²) < 4.78 is 0. The van der Waals surface area contributed by atoms with Crippen LogP contribution in [0.15, 0.2) is 17.6 Å². The van der Waals surface area contributed by atoms with E-state index in [0.717, 1.165) is 13.0 Å². The topological polar surface area (TPSA) is 24.4 Å². The molecule has 18 heavy (non-hydrogen) atoms. The summed E-state index contributed by atoms with van der Waals surface area (Å²) in [6.45, 7) is 6.95. The second kappa shape index (κ2) is 10.2. The molecule has 1 atom stereocenters. The summed E-state index contributed by atoms with van der Waals surface area (Å²) in [7, 11) is 0. The number of rotatable bonds is 11. The Morgan fingerprint density at radius 1 is 1.11 bits per heavy atom. The summed E-state index contributed by atoms with van der Waals surface area (Å²) in [6.07, 6.45) is 15.6. The highest BCUT2D eigenvalue weighted by Gasteiger charge is 2.12. The normalized spacial score (nSPS) is 18.5. The number of nitrogens with zero attached hydrogens (tertiary/aromatic N) is 1. The fourth-order valence-electron chi connectivity index (χ4n) is 2.40. The van der Waals surface area contributed by atoms with E-state index in [4.69, 9.17) is 0 Å². The van der Waals surface area contributed by atoms with E-state index in [1.54, 1.807) is 0 Å². The quantitative estimate of drug-likeness (QED) is 0.425. The highest BCUT2D eigenvalue weighted by molar-refractivity contribution is 5.84. The van der Waals surface area contributed by atoms with Gasteiger partial charge < -0.3 is 5.32 Å². The van der Waals surface area contributed by atoms with Crippen LogP contribution in [0.1, 0.15) is 71.1 Å². The van der Waals surface area contributed by atoms with Gasteiger partial charge in [0.1, 0.15) is 0 Å². The van der Waals surface area contributed by atoms with Crippen LogP contribution in [0.3, 0.4) is 0 Å². The van der Waals surface area contributed by atoms with Crippen LogP contribution in [0, 0.1) is 0 Å². The Morgan fingerprint density at radius 3 is 2.28 bits per heavy atom. The third-order valence-corrected chi connectivity index (χ3v) is 3.63. The molecule has 0 spiro atoms. The van der Waals surface area contributed by atoms with Gasteiger partial charge in [-0.2, -0.15) is 0 Å². The van der Waals surface area contributed by atoms with Crippen LogP contribution in [0.4, 0.5) is 0 Å². The van der Waals surface area contributed by atoms with Crippen molar-refractivity contribution in [2.45, 2.75) is 77.2 Å². The van der Waals surface area contributed by atoms with Crippen LogP contribution >= 0.6 is 0 Å². The molecule has 2 heteroatoms. The predicted octanol–water partition coefficient (Wildman–Crippen LogP) is 4.46. The van der Waals surface area contributed by atoms with E-state index in [9.17, 15) is 0 Å². The molecule has 1 aliphatic heterocycles. The zero-order valence-electron chi connectivity index (χ0n) is 12.1. The Balaban J connectivity index is 1.83. The number of amidine groups is 1. The molecule has 0 saturated heterocycles. The maximum absolute atomic E-state index is 4.49. The molecule has 1 unspecified atom stereocenters. The van der Waals surface area contributed by atoms with Crippen LogP contribution < -0.4 is 5.32 Å². The molecule has 0 aromatic carbocycles. The molecule has 1 rings (SSSR count). The average Bonchev–Trinajstić information content (AvgIpc) is 2.85. The van der Waals surface area contributed by atoms with Crippen molar-refractivity contribution in [1.29, 1.82) is 0 Å². The van der Waals surface area contributed by atoms with Gasteiger partial charge in [-0.3, -0.25) is 4.99 Å². The molecule has 0 aliphatic carbocycles. The molecular weight excluding hydrogens is 220 g/mol. The summed E-state index contributed by atoms with van der Waals surface area (Å²) >= 11 is 0. The zero-order valence-corrected chi connectivity index (χ0v) is 12.1. The summed E-state index contributed by atoms with van der Waals surface area (Å²) in [5, 5.41) is 3.40. The predicted molar refractivity (Wildman–Crippen MR) is 81.3 cm³/mol. The molecule has 0 fully saturated rings. The first-order chi connectivity index (χ1) is 8.86. The van der Waals surface area contributed by atoms with Gasteiger partial charge in [0.15, 0.2) is 0 Å². The van der Waals surface area contributed by atoms with Crippen molar-refractivity contribution in [1.82, 2.24) is 5.32 Å². The first kappa shape index (κ1) is 15.3. The molecule has 1 aliphatic rings. The third kappa shape index (κ3) is 6.83. The van der Waals surface area contributed by atoms with Gasteiger partial charge in [0.25, 0.3) is 0 Å².